The van der Waals surface area contributed by atoms with Crippen LogP contribution < -0.4 is 0 Å². The lowest BCUT2D eigenvalue weighted by atomic mass is 10.0. The maximum atomic E-state index is 12.6. The highest BCUT2D eigenvalue weighted by Gasteiger charge is 2.53. The second-order valence-corrected chi connectivity index (χ2v) is 4.59. The summed E-state index contributed by atoms with van der Waals surface area (Å²) in [4.78, 5) is 0. The molecule has 1 heterocycles. The highest BCUT2D eigenvalue weighted by molar-refractivity contribution is 4.92. The van der Waals surface area contributed by atoms with Crippen molar-refractivity contribution in [3.05, 3.63) is 0 Å². The highest BCUT2D eigenvalue weighted by atomic mass is 19.4. The summed E-state index contributed by atoms with van der Waals surface area (Å²) < 4.78 is 48.7. The summed E-state index contributed by atoms with van der Waals surface area (Å²) in [6.45, 7) is 2.02. The highest BCUT2D eigenvalue weighted by Crippen LogP contribution is 2.48. The molecule has 0 bridgehead atoms. The zero-order valence-electron chi connectivity index (χ0n) is 9.35. The first kappa shape index (κ1) is 12.2. The summed E-state index contributed by atoms with van der Waals surface area (Å²) in [6, 6.07) is 0. The molecule has 3 unspecified atom stereocenters. The number of ether oxygens (including phenoxy) is 2. The van der Waals surface area contributed by atoms with Gasteiger partial charge in [0, 0.05) is 12.3 Å². The van der Waals surface area contributed by atoms with Gasteiger partial charge in [0.2, 0.25) is 0 Å². The lowest BCUT2D eigenvalue weighted by Crippen LogP contribution is -2.43. The normalized spacial score (nSPS) is 36.4. The van der Waals surface area contributed by atoms with Gasteiger partial charge in [-0.25, -0.2) is 0 Å². The molecule has 0 spiro atoms. The van der Waals surface area contributed by atoms with E-state index in [-0.39, 0.29) is 12.3 Å². The second kappa shape index (κ2) is 4.18. The Kier molecular flexibility index (Phi) is 3.18. The summed E-state index contributed by atoms with van der Waals surface area (Å²) in [5, 5.41) is 0. The van der Waals surface area contributed by atoms with Crippen molar-refractivity contribution >= 4 is 0 Å². The van der Waals surface area contributed by atoms with Crippen LogP contribution in [0.15, 0.2) is 0 Å². The van der Waals surface area contributed by atoms with Crippen LogP contribution >= 0.6 is 0 Å². The number of hydrogen-bond acceptors (Lipinski definition) is 2. The van der Waals surface area contributed by atoms with Gasteiger partial charge in [-0.3, -0.25) is 0 Å². The Labute approximate surface area is 93.1 Å². The van der Waals surface area contributed by atoms with Crippen LogP contribution in [0.2, 0.25) is 0 Å². The van der Waals surface area contributed by atoms with Crippen molar-refractivity contribution in [2.75, 3.05) is 6.61 Å². The number of fused-ring (bicyclic) bond motifs is 1. The van der Waals surface area contributed by atoms with Crippen molar-refractivity contribution in [2.45, 2.75) is 57.1 Å². The fraction of sp³-hybridized carbons (Fsp3) is 1.00. The lowest BCUT2D eigenvalue weighted by Gasteiger charge is -2.33. The molecule has 0 amide bonds. The van der Waals surface area contributed by atoms with E-state index in [4.69, 9.17) is 9.47 Å². The first-order chi connectivity index (χ1) is 7.48. The topological polar surface area (TPSA) is 18.5 Å². The minimum absolute atomic E-state index is 0.0542. The number of hydrogen-bond donors (Lipinski definition) is 0. The SMILES string of the molecule is CCC(OC12CCCC1CCO2)C(F)(F)F. The quantitative estimate of drug-likeness (QED) is 0.751. The van der Waals surface area contributed by atoms with E-state index in [1.807, 2.05) is 0 Å². The van der Waals surface area contributed by atoms with Crippen LogP contribution in [0.3, 0.4) is 0 Å². The van der Waals surface area contributed by atoms with Crippen molar-refractivity contribution < 1.29 is 22.6 Å². The molecule has 2 nitrogen and oxygen atoms in total. The molecule has 0 aromatic carbocycles. The first-order valence-corrected chi connectivity index (χ1v) is 5.86. The van der Waals surface area contributed by atoms with E-state index in [1.54, 1.807) is 0 Å². The molecular formula is C11H17F3O2. The fourth-order valence-electron chi connectivity index (χ4n) is 2.76. The third-order valence-electron chi connectivity index (χ3n) is 3.59. The molecule has 94 valence electrons. The van der Waals surface area contributed by atoms with Gasteiger partial charge in [-0.1, -0.05) is 6.92 Å². The van der Waals surface area contributed by atoms with Gasteiger partial charge in [0.05, 0.1) is 6.61 Å². The van der Waals surface area contributed by atoms with E-state index >= 15 is 0 Å². The van der Waals surface area contributed by atoms with Gasteiger partial charge in [0.15, 0.2) is 11.9 Å². The Morgan fingerprint density at radius 1 is 1.44 bits per heavy atom. The fourth-order valence-corrected chi connectivity index (χ4v) is 2.76. The van der Waals surface area contributed by atoms with Crippen LogP contribution in [0.5, 0.6) is 0 Å². The molecule has 0 radical (unpaired) electrons. The Morgan fingerprint density at radius 3 is 2.81 bits per heavy atom. The third kappa shape index (κ3) is 2.07. The maximum Gasteiger partial charge on any atom is 0.414 e. The average Bonchev–Trinajstić information content (AvgIpc) is 2.70. The smallest absolute Gasteiger partial charge is 0.350 e. The van der Waals surface area contributed by atoms with Gasteiger partial charge in [-0.05, 0) is 25.7 Å². The molecule has 0 aromatic rings. The predicted molar refractivity (Wildman–Crippen MR) is 51.9 cm³/mol. The minimum atomic E-state index is -4.29. The van der Waals surface area contributed by atoms with E-state index < -0.39 is 18.1 Å². The molecule has 2 rings (SSSR count). The van der Waals surface area contributed by atoms with E-state index in [2.05, 4.69) is 0 Å². The van der Waals surface area contributed by atoms with Crippen molar-refractivity contribution in [1.82, 2.24) is 0 Å². The summed E-state index contributed by atoms with van der Waals surface area (Å²) in [5.41, 5.74) is 0. The number of halogens is 3. The standard InChI is InChI=1S/C11H17F3O2/c1-2-9(11(12,13)14)16-10-6-3-4-8(10)5-7-15-10/h8-9H,2-7H2,1H3. The van der Waals surface area contributed by atoms with E-state index in [1.165, 1.54) is 6.92 Å². The predicted octanol–water partition coefficient (Wildman–Crippen LogP) is 3.26. The molecule has 0 aromatic heterocycles. The Bertz CT molecular complexity index is 242. The zero-order chi connectivity index (χ0) is 11.8. The number of rotatable bonds is 3. The molecule has 16 heavy (non-hydrogen) atoms. The van der Waals surface area contributed by atoms with Crippen LogP contribution in [0.1, 0.15) is 39.0 Å². The van der Waals surface area contributed by atoms with E-state index in [0.29, 0.717) is 13.0 Å². The largest absolute Gasteiger partial charge is 0.414 e. The van der Waals surface area contributed by atoms with Crippen molar-refractivity contribution in [3.8, 4) is 0 Å². The molecule has 3 atom stereocenters. The molecule has 5 heteroatoms. The van der Waals surface area contributed by atoms with Gasteiger partial charge in [-0.15, -0.1) is 0 Å². The minimum Gasteiger partial charge on any atom is -0.350 e. The molecule has 2 aliphatic rings. The monoisotopic (exact) mass is 238 g/mol. The van der Waals surface area contributed by atoms with Crippen LogP contribution in [0.4, 0.5) is 13.2 Å². The summed E-state index contributed by atoms with van der Waals surface area (Å²) in [7, 11) is 0. The van der Waals surface area contributed by atoms with Crippen LogP contribution in [0, 0.1) is 5.92 Å². The van der Waals surface area contributed by atoms with E-state index in [0.717, 1.165) is 19.3 Å². The van der Waals surface area contributed by atoms with Crippen LogP contribution in [-0.2, 0) is 9.47 Å². The summed E-state index contributed by atoms with van der Waals surface area (Å²) in [6.07, 6.45) is -2.78. The Balaban J connectivity index is 2.07. The maximum absolute atomic E-state index is 12.6. The van der Waals surface area contributed by atoms with Crippen molar-refractivity contribution in [3.63, 3.8) is 0 Å². The second-order valence-electron chi connectivity index (χ2n) is 4.59. The summed E-state index contributed by atoms with van der Waals surface area (Å²) >= 11 is 0. The average molecular weight is 238 g/mol. The Morgan fingerprint density at radius 2 is 2.19 bits per heavy atom. The van der Waals surface area contributed by atoms with Crippen LogP contribution in [0.25, 0.3) is 0 Å². The molecular weight excluding hydrogens is 221 g/mol. The molecule has 1 aliphatic heterocycles. The van der Waals surface area contributed by atoms with Crippen molar-refractivity contribution in [1.29, 1.82) is 0 Å². The Hall–Kier alpha value is -0.290. The molecule has 1 saturated heterocycles. The zero-order valence-corrected chi connectivity index (χ0v) is 9.35. The van der Waals surface area contributed by atoms with Gasteiger partial charge in [0.1, 0.15) is 0 Å². The first-order valence-electron chi connectivity index (χ1n) is 5.86. The van der Waals surface area contributed by atoms with Gasteiger partial charge < -0.3 is 9.47 Å². The van der Waals surface area contributed by atoms with Gasteiger partial charge >= 0.3 is 6.18 Å². The third-order valence-corrected chi connectivity index (χ3v) is 3.59. The summed E-state index contributed by atoms with van der Waals surface area (Å²) in [5.74, 6) is -0.778. The number of alkyl halides is 3. The van der Waals surface area contributed by atoms with Crippen LogP contribution in [-0.4, -0.2) is 24.7 Å². The van der Waals surface area contributed by atoms with Gasteiger partial charge in [0.25, 0.3) is 0 Å². The molecule has 1 aliphatic carbocycles. The molecule has 1 saturated carbocycles. The lowest BCUT2D eigenvalue weighted by molar-refractivity contribution is -0.313. The van der Waals surface area contributed by atoms with Crippen molar-refractivity contribution in [2.24, 2.45) is 5.92 Å². The molecule has 2 fully saturated rings. The molecule has 0 N–H and O–H groups in total. The van der Waals surface area contributed by atoms with E-state index in [9.17, 15) is 13.2 Å². The van der Waals surface area contributed by atoms with Gasteiger partial charge in [-0.2, -0.15) is 13.2 Å².